The molecule has 2 aromatic rings. The molecule has 0 saturated carbocycles. The summed E-state index contributed by atoms with van der Waals surface area (Å²) in [5.74, 6) is -0.372. The van der Waals surface area contributed by atoms with Crippen molar-refractivity contribution in [2.24, 2.45) is 0 Å². The second-order valence-corrected chi connectivity index (χ2v) is 4.20. The molecule has 0 fully saturated rings. The summed E-state index contributed by atoms with van der Waals surface area (Å²) >= 11 is 0. The van der Waals surface area contributed by atoms with Gasteiger partial charge in [0.2, 0.25) is 5.78 Å². The summed E-state index contributed by atoms with van der Waals surface area (Å²) in [6.07, 6.45) is 1.70. The van der Waals surface area contributed by atoms with Gasteiger partial charge < -0.3 is 9.72 Å². The fraction of sp³-hybridized carbons (Fsp3) is 0.0667. The van der Waals surface area contributed by atoms with E-state index in [1.54, 1.807) is 42.6 Å². The van der Waals surface area contributed by atoms with Crippen molar-refractivity contribution in [1.29, 1.82) is 0 Å². The van der Waals surface area contributed by atoms with E-state index in [1.165, 1.54) is 7.11 Å². The molecule has 19 heavy (non-hydrogen) atoms. The van der Waals surface area contributed by atoms with Gasteiger partial charge in [0.25, 0.3) is 0 Å². The van der Waals surface area contributed by atoms with E-state index in [9.17, 15) is 9.59 Å². The Labute approximate surface area is 109 Å². The number of ketones is 2. The van der Waals surface area contributed by atoms with E-state index in [0.29, 0.717) is 16.8 Å². The van der Waals surface area contributed by atoms with Gasteiger partial charge in [-0.3, -0.25) is 9.59 Å². The van der Waals surface area contributed by atoms with Gasteiger partial charge in [-0.05, 0) is 12.1 Å². The Morgan fingerprint density at radius 1 is 0.947 bits per heavy atom. The Morgan fingerprint density at radius 3 is 2.21 bits per heavy atom. The molecule has 0 spiro atoms. The number of methoxy groups -OCH3 is 1. The number of allylic oxidation sites excluding steroid dienone is 2. The van der Waals surface area contributed by atoms with Crippen LogP contribution in [0.25, 0.3) is 5.57 Å². The highest BCUT2D eigenvalue weighted by molar-refractivity contribution is 6.39. The third-order valence-electron chi connectivity index (χ3n) is 3.15. The Kier molecular flexibility index (Phi) is 2.56. The molecular formula is C15H11NO3. The van der Waals surface area contributed by atoms with Crippen molar-refractivity contribution in [3.63, 3.8) is 0 Å². The van der Waals surface area contributed by atoms with Crippen molar-refractivity contribution in [3.05, 3.63) is 65.2 Å². The first kappa shape index (κ1) is 11.5. The second kappa shape index (κ2) is 4.24. The highest BCUT2D eigenvalue weighted by Gasteiger charge is 2.34. The summed E-state index contributed by atoms with van der Waals surface area (Å²) in [5, 5.41) is 0. The topological polar surface area (TPSA) is 59.2 Å². The molecule has 0 bridgehead atoms. The Balaban J connectivity index is 2.28. The number of hydrogen-bond donors (Lipinski definition) is 1. The van der Waals surface area contributed by atoms with Crippen LogP contribution in [0, 0.1) is 0 Å². The lowest BCUT2D eigenvalue weighted by Crippen LogP contribution is -2.22. The average Bonchev–Trinajstić information content (AvgIpc) is 2.96. The first-order valence-electron chi connectivity index (χ1n) is 5.84. The van der Waals surface area contributed by atoms with Gasteiger partial charge in [0.05, 0.1) is 18.4 Å². The van der Waals surface area contributed by atoms with Crippen LogP contribution < -0.4 is 0 Å². The zero-order chi connectivity index (χ0) is 13.4. The number of aromatic nitrogens is 1. The van der Waals surface area contributed by atoms with Crippen LogP contribution in [0.15, 0.2) is 48.4 Å². The van der Waals surface area contributed by atoms with Crippen LogP contribution in [0.2, 0.25) is 0 Å². The quantitative estimate of drug-likeness (QED) is 0.894. The number of Topliss-reactive ketones (excluding diaryl/α,β-unsaturated/α-hetero) is 2. The molecule has 0 amide bonds. The van der Waals surface area contributed by atoms with E-state index in [4.69, 9.17) is 4.74 Å². The van der Waals surface area contributed by atoms with Crippen molar-refractivity contribution >= 4 is 17.1 Å². The summed E-state index contributed by atoms with van der Waals surface area (Å²) in [6.45, 7) is 0. The fourth-order valence-electron chi connectivity index (χ4n) is 2.28. The number of hydrogen-bond acceptors (Lipinski definition) is 3. The van der Waals surface area contributed by atoms with Gasteiger partial charge >= 0.3 is 0 Å². The molecule has 1 N–H and O–H groups in total. The monoisotopic (exact) mass is 253 g/mol. The lowest BCUT2D eigenvalue weighted by atomic mass is 9.87. The van der Waals surface area contributed by atoms with Crippen LogP contribution in [-0.2, 0) is 4.74 Å². The maximum absolute atomic E-state index is 12.5. The van der Waals surface area contributed by atoms with Crippen LogP contribution >= 0.6 is 0 Å². The van der Waals surface area contributed by atoms with E-state index >= 15 is 0 Å². The standard InChI is InChI=1S/C15H11NO3/c1-19-15-12(11-7-4-8-16-11)13(17)9-5-2-3-6-10(9)14(15)18/h2-8,16H,1H3. The predicted molar refractivity (Wildman–Crippen MR) is 69.8 cm³/mol. The highest BCUT2D eigenvalue weighted by atomic mass is 16.5. The molecule has 0 atom stereocenters. The molecule has 0 unspecified atom stereocenters. The molecule has 1 aromatic carbocycles. The molecule has 0 radical (unpaired) electrons. The number of rotatable bonds is 2. The van der Waals surface area contributed by atoms with Gasteiger partial charge in [-0.25, -0.2) is 0 Å². The average molecular weight is 253 g/mol. The van der Waals surface area contributed by atoms with Crippen molar-refractivity contribution in [2.45, 2.75) is 0 Å². The number of aromatic amines is 1. The molecule has 0 saturated heterocycles. The first-order chi connectivity index (χ1) is 9.24. The minimum atomic E-state index is -0.262. The molecule has 3 rings (SSSR count). The minimum Gasteiger partial charge on any atom is -0.492 e. The largest absolute Gasteiger partial charge is 0.492 e. The van der Waals surface area contributed by atoms with Gasteiger partial charge in [0.1, 0.15) is 0 Å². The zero-order valence-corrected chi connectivity index (χ0v) is 10.3. The van der Waals surface area contributed by atoms with Crippen molar-refractivity contribution in [3.8, 4) is 0 Å². The molecule has 1 aromatic heterocycles. The summed E-state index contributed by atoms with van der Waals surface area (Å²) in [5.41, 5.74) is 1.68. The number of carbonyl (C=O) groups is 2. The molecule has 1 heterocycles. The van der Waals surface area contributed by atoms with E-state index < -0.39 is 0 Å². The summed E-state index contributed by atoms with van der Waals surface area (Å²) in [7, 11) is 1.40. The Morgan fingerprint density at radius 2 is 1.63 bits per heavy atom. The zero-order valence-electron chi connectivity index (χ0n) is 10.3. The smallest absolute Gasteiger partial charge is 0.229 e. The normalized spacial score (nSPS) is 14.6. The number of carbonyl (C=O) groups excluding carboxylic acids is 2. The second-order valence-electron chi connectivity index (χ2n) is 4.20. The number of nitrogens with one attached hydrogen (secondary N) is 1. The number of benzene rings is 1. The molecule has 94 valence electrons. The van der Waals surface area contributed by atoms with Crippen LogP contribution in [-0.4, -0.2) is 23.7 Å². The molecule has 0 aliphatic heterocycles. The first-order valence-corrected chi connectivity index (χ1v) is 5.84. The molecular weight excluding hydrogens is 242 g/mol. The third-order valence-corrected chi connectivity index (χ3v) is 3.15. The van der Waals surface area contributed by atoms with Gasteiger partial charge in [-0.1, -0.05) is 24.3 Å². The van der Waals surface area contributed by atoms with Gasteiger partial charge in [-0.2, -0.15) is 0 Å². The summed E-state index contributed by atoms with van der Waals surface area (Å²) in [6, 6.07) is 10.3. The lowest BCUT2D eigenvalue weighted by Gasteiger charge is -2.19. The van der Waals surface area contributed by atoms with Crippen molar-refractivity contribution in [1.82, 2.24) is 4.98 Å². The van der Waals surface area contributed by atoms with E-state index in [1.807, 2.05) is 0 Å². The van der Waals surface area contributed by atoms with Crippen LogP contribution in [0.1, 0.15) is 26.4 Å². The van der Waals surface area contributed by atoms with Crippen LogP contribution in [0.5, 0.6) is 0 Å². The maximum Gasteiger partial charge on any atom is 0.229 e. The van der Waals surface area contributed by atoms with E-state index in [2.05, 4.69) is 4.98 Å². The predicted octanol–water partition coefficient (Wildman–Crippen LogP) is 2.45. The summed E-state index contributed by atoms with van der Waals surface area (Å²) in [4.78, 5) is 27.8. The fourth-order valence-corrected chi connectivity index (χ4v) is 2.28. The Hall–Kier alpha value is -2.62. The third kappa shape index (κ3) is 1.61. The van der Waals surface area contributed by atoms with Crippen LogP contribution in [0.4, 0.5) is 0 Å². The van der Waals surface area contributed by atoms with Crippen LogP contribution in [0.3, 0.4) is 0 Å². The van der Waals surface area contributed by atoms with E-state index in [-0.39, 0.29) is 22.9 Å². The number of ether oxygens (including phenoxy) is 1. The van der Waals surface area contributed by atoms with Crippen molar-refractivity contribution in [2.75, 3.05) is 7.11 Å². The van der Waals surface area contributed by atoms with Gasteiger partial charge in [0.15, 0.2) is 11.5 Å². The maximum atomic E-state index is 12.5. The SMILES string of the molecule is COC1=C(c2ccc[nH]2)C(=O)c2ccccc2C1=O. The van der Waals surface area contributed by atoms with Crippen molar-refractivity contribution < 1.29 is 14.3 Å². The van der Waals surface area contributed by atoms with E-state index in [0.717, 1.165) is 0 Å². The lowest BCUT2D eigenvalue weighted by molar-refractivity contribution is 0.0924. The molecule has 4 nitrogen and oxygen atoms in total. The number of fused-ring (bicyclic) bond motifs is 1. The van der Waals surface area contributed by atoms with Gasteiger partial charge in [0, 0.05) is 17.3 Å². The van der Waals surface area contributed by atoms with Gasteiger partial charge in [-0.15, -0.1) is 0 Å². The Bertz CT molecular complexity index is 696. The number of H-pyrrole nitrogens is 1. The minimum absolute atomic E-state index is 0.0890. The molecule has 1 aliphatic carbocycles. The summed E-state index contributed by atoms with van der Waals surface area (Å²) < 4.78 is 5.16. The molecule has 4 heteroatoms. The highest BCUT2D eigenvalue weighted by Crippen LogP contribution is 2.31. The molecule has 1 aliphatic rings.